The highest BCUT2D eigenvalue weighted by Crippen LogP contribution is 2.23. The molecule has 0 saturated carbocycles. The number of methoxy groups -OCH3 is 2. The molecular weight excluding hydrogens is 296 g/mol. The predicted octanol–water partition coefficient (Wildman–Crippen LogP) is 2.16. The summed E-state index contributed by atoms with van der Waals surface area (Å²) in [6, 6.07) is 8.01. The summed E-state index contributed by atoms with van der Waals surface area (Å²) in [7, 11) is 2.93. The van der Waals surface area contributed by atoms with Gasteiger partial charge in [0.1, 0.15) is 5.69 Å². The number of fused-ring (bicyclic) bond motifs is 1. The molecule has 0 aliphatic rings. The molecule has 118 valence electrons. The molecule has 0 fully saturated rings. The van der Waals surface area contributed by atoms with Crippen molar-refractivity contribution in [2.75, 3.05) is 19.5 Å². The van der Waals surface area contributed by atoms with Crippen molar-refractivity contribution in [2.24, 2.45) is 0 Å². The first-order chi connectivity index (χ1) is 11.2. The van der Waals surface area contributed by atoms with Crippen molar-refractivity contribution in [1.82, 2.24) is 15.0 Å². The average molecular weight is 312 g/mol. The number of rotatable bonds is 5. The monoisotopic (exact) mass is 312 g/mol. The third-order valence-corrected chi connectivity index (χ3v) is 3.41. The van der Waals surface area contributed by atoms with Crippen LogP contribution in [0.5, 0.6) is 11.9 Å². The molecule has 3 aromatic rings. The Balaban J connectivity index is 1.77. The molecule has 2 aromatic heterocycles. The van der Waals surface area contributed by atoms with Gasteiger partial charge in [-0.2, -0.15) is 4.98 Å². The molecule has 0 aliphatic carbocycles. The first-order valence-electron chi connectivity index (χ1n) is 7.01. The van der Waals surface area contributed by atoms with Crippen molar-refractivity contribution in [1.29, 1.82) is 0 Å². The van der Waals surface area contributed by atoms with Crippen LogP contribution in [0.4, 0.5) is 5.69 Å². The lowest BCUT2D eigenvalue weighted by Gasteiger charge is -2.09. The molecule has 0 bridgehead atoms. The SMILES string of the molecule is COc1ncc(NC(=O)Cc2c[nH]c3ccccc23)c(OC)n1. The number of ether oxygens (including phenoxy) is 2. The molecule has 7 nitrogen and oxygen atoms in total. The molecule has 2 heterocycles. The zero-order valence-corrected chi connectivity index (χ0v) is 12.8. The van der Waals surface area contributed by atoms with Crippen molar-refractivity contribution in [2.45, 2.75) is 6.42 Å². The fraction of sp³-hybridized carbons (Fsp3) is 0.188. The normalized spacial score (nSPS) is 10.5. The summed E-state index contributed by atoms with van der Waals surface area (Å²) in [6.45, 7) is 0. The summed E-state index contributed by atoms with van der Waals surface area (Å²) >= 11 is 0. The number of H-pyrrole nitrogens is 1. The third kappa shape index (κ3) is 3.08. The summed E-state index contributed by atoms with van der Waals surface area (Å²) in [6.07, 6.45) is 3.53. The van der Waals surface area contributed by atoms with E-state index in [0.29, 0.717) is 5.69 Å². The predicted molar refractivity (Wildman–Crippen MR) is 85.8 cm³/mol. The largest absolute Gasteiger partial charge is 0.479 e. The number of hydrogen-bond donors (Lipinski definition) is 2. The summed E-state index contributed by atoms with van der Waals surface area (Å²) < 4.78 is 10.1. The van der Waals surface area contributed by atoms with E-state index in [1.807, 2.05) is 30.5 Å². The van der Waals surface area contributed by atoms with E-state index in [1.165, 1.54) is 20.4 Å². The van der Waals surface area contributed by atoms with Crippen molar-refractivity contribution < 1.29 is 14.3 Å². The molecule has 0 unspecified atom stereocenters. The fourth-order valence-electron chi connectivity index (χ4n) is 2.34. The molecule has 7 heteroatoms. The van der Waals surface area contributed by atoms with E-state index in [-0.39, 0.29) is 24.2 Å². The quantitative estimate of drug-likeness (QED) is 0.753. The molecule has 0 atom stereocenters. The summed E-state index contributed by atoms with van der Waals surface area (Å²) in [5, 5.41) is 3.79. The van der Waals surface area contributed by atoms with Crippen LogP contribution in [0.3, 0.4) is 0 Å². The second-order valence-corrected chi connectivity index (χ2v) is 4.86. The van der Waals surface area contributed by atoms with E-state index in [2.05, 4.69) is 20.3 Å². The third-order valence-electron chi connectivity index (χ3n) is 3.41. The zero-order valence-electron chi connectivity index (χ0n) is 12.8. The number of carbonyl (C=O) groups excluding carboxylic acids is 1. The highest BCUT2D eigenvalue weighted by molar-refractivity contribution is 5.96. The molecule has 1 aromatic carbocycles. The molecule has 0 saturated heterocycles. The number of amides is 1. The maximum absolute atomic E-state index is 12.3. The fourth-order valence-corrected chi connectivity index (χ4v) is 2.34. The van der Waals surface area contributed by atoms with Crippen LogP contribution in [-0.4, -0.2) is 35.1 Å². The smallest absolute Gasteiger partial charge is 0.319 e. The van der Waals surface area contributed by atoms with Crippen molar-refractivity contribution in [3.8, 4) is 11.9 Å². The number of aromatic nitrogens is 3. The number of aromatic amines is 1. The maximum Gasteiger partial charge on any atom is 0.319 e. The molecule has 3 rings (SSSR count). The lowest BCUT2D eigenvalue weighted by atomic mass is 10.1. The van der Waals surface area contributed by atoms with Gasteiger partial charge in [-0.3, -0.25) is 4.79 Å². The second kappa shape index (κ2) is 6.35. The molecule has 23 heavy (non-hydrogen) atoms. The van der Waals surface area contributed by atoms with Crippen LogP contribution in [0.15, 0.2) is 36.7 Å². The minimum atomic E-state index is -0.179. The minimum Gasteiger partial charge on any atom is -0.479 e. The van der Waals surface area contributed by atoms with Crippen LogP contribution in [0.1, 0.15) is 5.56 Å². The van der Waals surface area contributed by atoms with Crippen molar-refractivity contribution >= 4 is 22.5 Å². The van der Waals surface area contributed by atoms with Gasteiger partial charge in [0.2, 0.25) is 11.8 Å². The lowest BCUT2D eigenvalue weighted by molar-refractivity contribution is -0.115. The first kappa shape index (κ1) is 14.8. The van der Waals surface area contributed by atoms with Crippen LogP contribution in [-0.2, 0) is 11.2 Å². The highest BCUT2D eigenvalue weighted by Gasteiger charge is 2.13. The zero-order chi connectivity index (χ0) is 16.2. The van der Waals surface area contributed by atoms with Crippen LogP contribution in [0.2, 0.25) is 0 Å². The molecular formula is C16H16N4O3. The van der Waals surface area contributed by atoms with E-state index in [4.69, 9.17) is 9.47 Å². The highest BCUT2D eigenvalue weighted by atomic mass is 16.5. The number of anilines is 1. The Hall–Kier alpha value is -3.09. The molecule has 1 amide bonds. The van der Waals surface area contributed by atoms with Crippen LogP contribution in [0.25, 0.3) is 10.9 Å². The Kier molecular flexibility index (Phi) is 4.09. The number of para-hydroxylation sites is 1. The van der Waals surface area contributed by atoms with Gasteiger partial charge in [0, 0.05) is 17.1 Å². The molecule has 0 spiro atoms. The summed E-state index contributed by atoms with van der Waals surface area (Å²) in [5.41, 5.74) is 2.32. The van der Waals surface area contributed by atoms with Crippen molar-refractivity contribution in [3.63, 3.8) is 0 Å². The Labute approximate surface area is 132 Å². The van der Waals surface area contributed by atoms with Gasteiger partial charge < -0.3 is 19.8 Å². The Morgan fingerprint density at radius 1 is 1.26 bits per heavy atom. The average Bonchev–Trinajstić information content (AvgIpc) is 2.98. The van der Waals surface area contributed by atoms with Gasteiger partial charge in [0.25, 0.3) is 0 Å². The van der Waals surface area contributed by atoms with Gasteiger partial charge in [0.15, 0.2) is 0 Å². The van der Waals surface area contributed by atoms with Crippen molar-refractivity contribution in [3.05, 3.63) is 42.2 Å². The Morgan fingerprint density at radius 2 is 2.09 bits per heavy atom. The van der Waals surface area contributed by atoms with Crippen LogP contribution < -0.4 is 14.8 Å². The van der Waals surface area contributed by atoms with Gasteiger partial charge in [-0.05, 0) is 11.6 Å². The Morgan fingerprint density at radius 3 is 2.87 bits per heavy atom. The molecule has 2 N–H and O–H groups in total. The van der Waals surface area contributed by atoms with E-state index in [0.717, 1.165) is 16.5 Å². The van der Waals surface area contributed by atoms with E-state index in [9.17, 15) is 4.79 Å². The summed E-state index contributed by atoms with van der Waals surface area (Å²) in [4.78, 5) is 23.4. The number of nitrogens with zero attached hydrogens (tertiary/aromatic N) is 2. The first-order valence-corrected chi connectivity index (χ1v) is 7.01. The standard InChI is InChI=1S/C16H16N4O3/c1-22-15-13(9-18-16(20-15)23-2)19-14(21)7-10-8-17-12-6-4-3-5-11(10)12/h3-6,8-9,17H,7H2,1-2H3,(H,19,21). The topological polar surface area (TPSA) is 89.1 Å². The van der Waals surface area contributed by atoms with Crippen LogP contribution in [0, 0.1) is 0 Å². The van der Waals surface area contributed by atoms with Gasteiger partial charge >= 0.3 is 6.01 Å². The summed E-state index contributed by atoms with van der Waals surface area (Å²) in [5.74, 6) is 0.0750. The van der Waals surface area contributed by atoms with E-state index >= 15 is 0 Å². The van der Waals surface area contributed by atoms with Gasteiger partial charge in [-0.25, -0.2) is 4.98 Å². The molecule has 0 aliphatic heterocycles. The maximum atomic E-state index is 12.3. The van der Waals surface area contributed by atoms with Crippen LogP contribution >= 0.6 is 0 Å². The van der Waals surface area contributed by atoms with Gasteiger partial charge in [0.05, 0.1) is 26.8 Å². The van der Waals surface area contributed by atoms with E-state index < -0.39 is 0 Å². The van der Waals surface area contributed by atoms with Gasteiger partial charge in [-0.15, -0.1) is 0 Å². The number of nitrogens with one attached hydrogen (secondary N) is 2. The molecule has 0 radical (unpaired) electrons. The second-order valence-electron chi connectivity index (χ2n) is 4.86. The number of carbonyl (C=O) groups is 1. The lowest BCUT2D eigenvalue weighted by Crippen LogP contribution is -2.15. The number of benzene rings is 1. The van der Waals surface area contributed by atoms with Gasteiger partial charge in [-0.1, -0.05) is 18.2 Å². The minimum absolute atomic E-state index is 0.177. The Bertz CT molecular complexity index is 844. The van der Waals surface area contributed by atoms with E-state index in [1.54, 1.807) is 0 Å². The number of hydrogen-bond acceptors (Lipinski definition) is 5.